The highest BCUT2D eigenvalue weighted by Gasteiger charge is 2.18. The minimum absolute atomic E-state index is 0.0454. The van der Waals surface area contributed by atoms with Crippen molar-refractivity contribution in [2.24, 2.45) is 5.92 Å². The molecule has 0 spiro atoms. The van der Waals surface area contributed by atoms with Gasteiger partial charge < -0.3 is 14.7 Å². The Hall–Kier alpha value is -1.78. The van der Waals surface area contributed by atoms with E-state index in [0.717, 1.165) is 24.0 Å². The molecule has 0 unspecified atom stereocenters. The Morgan fingerprint density at radius 3 is 2.67 bits per heavy atom. The van der Waals surface area contributed by atoms with E-state index in [1.165, 1.54) is 0 Å². The summed E-state index contributed by atoms with van der Waals surface area (Å²) in [5, 5.41) is 9.27. The molecule has 1 aromatic rings. The summed E-state index contributed by atoms with van der Waals surface area (Å²) < 4.78 is 5.42. The second kappa shape index (κ2) is 11.8. The van der Waals surface area contributed by atoms with Crippen LogP contribution in [0.25, 0.3) is 0 Å². The van der Waals surface area contributed by atoms with Gasteiger partial charge >= 0.3 is 0 Å². The highest BCUT2D eigenvalue weighted by Crippen LogP contribution is 2.36. The lowest BCUT2D eigenvalue weighted by Crippen LogP contribution is -2.26. The maximum atomic E-state index is 12.5. The van der Waals surface area contributed by atoms with Crippen LogP contribution in [0.15, 0.2) is 35.9 Å². The van der Waals surface area contributed by atoms with Crippen molar-refractivity contribution in [2.75, 3.05) is 25.7 Å². The molecule has 0 aliphatic heterocycles. The smallest absolute Gasteiger partial charge is 0.226 e. The molecule has 4 nitrogen and oxygen atoms in total. The summed E-state index contributed by atoms with van der Waals surface area (Å²) in [7, 11) is 3.34. The van der Waals surface area contributed by atoms with Gasteiger partial charge in [-0.05, 0) is 49.8 Å². The number of carbonyl (C=O) groups is 1. The fraction of sp³-hybridized carbons (Fsp3) is 0.500. The van der Waals surface area contributed by atoms with Gasteiger partial charge in [0.25, 0.3) is 0 Å². The van der Waals surface area contributed by atoms with Gasteiger partial charge in [-0.1, -0.05) is 49.2 Å². The number of rotatable bonds is 10. The summed E-state index contributed by atoms with van der Waals surface area (Å²) in [6.07, 6.45) is 8.60. The largest absolute Gasteiger partial charge is 0.495 e. The molecule has 0 saturated carbocycles. The summed E-state index contributed by atoms with van der Waals surface area (Å²) >= 11 is 6.47. The number of hydrogen-bond acceptors (Lipinski definition) is 3. The molecule has 27 heavy (non-hydrogen) atoms. The fourth-order valence-corrected chi connectivity index (χ4v) is 2.94. The van der Waals surface area contributed by atoms with E-state index in [2.05, 4.69) is 13.8 Å². The minimum atomic E-state index is 0.0454. The predicted octanol–water partition coefficient (Wildman–Crippen LogP) is 5.18. The lowest BCUT2D eigenvalue weighted by Gasteiger charge is -2.22. The summed E-state index contributed by atoms with van der Waals surface area (Å²) in [4.78, 5) is 14.1. The molecule has 0 aliphatic rings. The van der Waals surface area contributed by atoms with Crippen LogP contribution in [0.3, 0.4) is 0 Å². The summed E-state index contributed by atoms with van der Waals surface area (Å²) in [5.74, 6) is 1.09. The average Bonchev–Trinajstić information content (AvgIpc) is 2.63. The molecule has 1 aromatic carbocycles. The second-order valence-corrected chi connectivity index (χ2v) is 7.52. The predicted molar refractivity (Wildman–Crippen MR) is 114 cm³/mol. The number of benzene rings is 1. The molecular formula is C22H32ClNO3. The monoisotopic (exact) mass is 393 g/mol. The average molecular weight is 394 g/mol. The van der Waals surface area contributed by atoms with Crippen LogP contribution in [0.4, 0.5) is 5.69 Å². The zero-order valence-corrected chi connectivity index (χ0v) is 17.8. The first kappa shape index (κ1) is 23.3. The summed E-state index contributed by atoms with van der Waals surface area (Å²) in [6.45, 7) is 6.40. The number of aliphatic hydroxyl groups is 1. The van der Waals surface area contributed by atoms with Crippen molar-refractivity contribution in [1.82, 2.24) is 0 Å². The molecule has 5 heteroatoms. The fourth-order valence-electron chi connectivity index (χ4n) is 2.63. The van der Waals surface area contributed by atoms with Gasteiger partial charge in [0, 0.05) is 20.1 Å². The van der Waals surface area contributed by atoms with Crippen LogP contribution in [0.5, 0.6) is 5.75 Å². The van der Waals surface area contributed by atoms with Gasteiger partial charge in [0.05, 0.1) is 12.8 Å². The molecule has 0 radical (unpaired) electrons. The number of carbonyl (C=O) groups excluding carboxylic acids is 1. The third-order valence-electron chi connectivity index (χ3n) is 4.27. The van der Waals surface area contributed by atoms with Gasteiger partial charge in [0.15, 0.2) is 0 Å². The third-order valence-corrected chi connectivity index (χ3v) is 4.65. The van der Waals surface area contributed by atoms with Crippen molar-refractivity contribution in [1.29, 1.82) is 0 Å². The normalized spacial score (nSPS) is 12.1. The van der Waals surface area contributed by atoms with E-state index in [-0.39, 0.29) is 12.5 Å². The number of ether oxygens (including phenoxy) is 1. The van der Waals surface area contributed by atoms with E-state index in [9.17, 15) is 4.79 Å². The van der Waals surface area contributed by atoms with Crippen molar-refractivity contribution in [3.05, 3.63) is 46.5 Å². The highest BCUT2D eigenvalue weighted by molar-refractivity contribution is 6.35. The second-order valence-electron chi connectivity index (χ2n) is 7.15. The zero-order valence-electron chi connectivity index (χ0n) is 17.1. The molecule has 1 N–H and O–H groups in total. The third kappa shape index (κ3) is 7.77. The zero-order chi connectivity index (χ0) is 20.4. The number of halogens is 1. The lowest BCUT2D eigenvalue weighted by molar-refractivity contribution is -0.118. The Labute approximate surface area is 168 Å². The Bertz CT molecular complexity index is 680. The van der Waals surface area contributed by atoms with Crippen molar-refractivity contribution in [2.45, 2.75) is 46.5 Å². The number of nitrogens with zero attached hydrogens (tertiary/aromatic N) is 1. The number of anilines is 1. The highest BCUT2D eigenvalue weighted by atomic mass is 35.5. The molecule has 0 bridgehead atoms. The topological polar surface area (TPSA) is 49.8 Å². The first-order valence-electron chi connectivity index (χ1n) is 9.36. The van der Waals surface area contributed by atoms with E-state index < -0.39 is 0 Å². The van der Waals surface area contributed by atoms with Crippen molar-refractivity contribution in [3.63, 3.8) is 0 Å². The summed E-state index contributed by atoms with van der Waals surface area (Å²) in [6, 6.07) is 3.86. The van der Waals surface area contributed by atoms with E-state index in [1.807, 2.05) is 37.3 Å². The molecule has 0 heterocycles. The molecule has 1 amide bonds. The van der Waals surface area contributed by atoms with Gasteiger partial charge in [0.2, 0.25) is 5.91 Å². The van der Waals surface area contributed by atoms with E-state index in [0.29, 0.717) is 35.2 Å². The van der Waals surface area contributed by atoms with Crippen molar-refractivity contribution in [3.8, 4) is 5.75 Å². The van der Waals surface area contributed by atoms with Crippen LogP contribution in [0, 0.1) is 5.92 Å². The number of methoxy groups -OCH3 is 1. The van der Waals surface area contributed by atoms with Crippen LogP contribution in [-0.4, -0.2) is 31.8 Å². The minimum Gasteiger partial charge on any atom is -0.495 e. The SMILES string of the molecule is COc1cc(C/C(C)=C/C=C/CCO)cc(N(C)C(=O)CCC(C)C)c1Cl. The molecule has 0 atom stereocenters. The van der Waals surface area contributed by atoms with Crippen LogP contribution in [-0.2, 0) is 11.2 Å². The Morgan fingerprint density at radius 1 is 1.37 bits per heavy atom. The van der Waals surface area contributed by atoms with Crippen molar-refractivity contribution < 1.29 is 14.6 Å². The van der Waals surface area contributed by atoms with E-state index in [1.54, 1.807) is 19.1 Å². The quantitative estimate of drug-likeness (QED) is 0.557. The van der Waals surface area contributed by atoms with Crippen LogP contribution in [0.2, 0.25) is 5.02 Å². The summed E-state index contributed by atoms with van der Waals surface area (Å²) in [5.41, 5.74) is 2.86. The molecular weight excluding hydrogens is 362 g/mol. The number of allylic oxidation sites excluding steroid dienone is 3. The van der Waals surface area contributed by atoms with E-state index in [4.69, 9.17) is 21.4 Å². The molecule has 150 valence electrons. The molecule has 0 aliphatic carbocycles. The molecule has 1 rings (SSSR count). The Balaban J connectivity index is 3.05. The van der Waals surface area contributed by atoms with E-state index >= 15 is 0 Å². The number of hydrogen-bond donors (Lipinski definition) is 1. The Morgan fingerprint density at radius 2 is 2.07 bits per heavy atom. The molecule has 0 saturated heterocycles. The van der Waals surface area contributed by atoms with Gasteiger partial charge in [-0.3, -0.25) is 4.79 Å². The first-order valence-corrected chi connectivity index (χ1v) is 9.74. The first-order chi connectivity index (χ1) is 12.8. The maximum absolute atomic E-state index is 12.5. The Kier molecular flexibility index (Phi) is 10.2. The van der Waals surface area contributed by atoms with Crippen LogP contribution >= 0.6 is 11.6 Å². The van der Waals surface area contributed by atoms with Crippen LogP contribution < -0.4 is 9.64 Å². The molecule has 0 fully saturated rings. The van der Waals surface area contributed by atoms with Gasteiger partial charge in [-0.15, -0.1) is 0 Å². The molecule has 0 aromatic heterocycles. The van der Waals surface area contributed by atoms with Gasteiger partial charge in [-0.25, -0.2) is 0 Å². The van der Waals surface area contributed by atoms with Crippen LogP contribution in [0.1, 0.15) is 45.6 Å². The maximum Gasteiger partial charge on any atom is 0.226 e. The number of aliphatic hydroxyl groups excluding tert-OH is 1. The standard InChI is InChI=1S/C22H32ClNO3/c1-16(2)10-11-21(26)24(4)19-14-18(15-20(27-5)22(19)23)13-17(3)9-7-6-8-12-25/h6-7,9,14-16,25H,8,10-13H2,1-5H3/b7-6+,17-9+. The van der Waals surface area contributed by atoms with Gasteiger partial charge in [-0.2, -0.15) is 0 Å². The lowest BCUT2D eigenvalue weighted by atomic mass is 10.0. The number of amides is 1. The van der Waals surface area contributed by atoms with Gasteiger partial charge in [0.1, 0.15) is 10.8 Å². The van der Waals surface area contributed by atoms with Crippen molar-refractivity contribution >= 4 is 23.2 Å².